The first-order valence-electron chi connectivity index (χ1n) is 6.72. The minimum Gasteiger partial charge on any atom is -0.396 e. The highest BCUT2D eigenvalue weighted by molar-refractivity contribution is 5.16. The summed E-state index contributed by atoms with van der Waals surface area (Å²) in [7, 11) is 0. The fraction of sp³-hybridized carbons (Fsp3) is 0.769. The molecule has 1 aromatic heterocycles. The zero-order valence-corrected chi connectivity index (χ0v) is 10.7. The van der Waals surface area contributed by atoms with Gasteiger partial charge in [-0.15, -0.1) is 0 Å². The van der Waals surface area contributed by atoms with E-state index in [0.29, 0.717) is 6.04 Å². The van der Waals surface area contributed by atoms with Gasteiger partial charge in [-0.25, -0.2) is 4.98 Å². The van der Waals surface area contributed by atoms with Gasteiger partial charge in [-0.1, -0.05) is 6.92 Å². The molecule has 17 heavy (non-hydrogen) atoms. The first-order chi connectivity index (χ1) is 8.35. The summed E-state index contributed by atoms with van der Waals surface area (Å²) in [6.07, 6.45) is 7.63. The van der Waals surface area contributed by atoms with E-state index < -0.39 is 0 Å². The van der Waals surface area contributed by atoms with Gasteiger partial charge >= 0.3 is 0 Å². The van der Waals surface area contributed by atoms with Crippen molar-refractivity contribution in [2.75, 3.05) is 13.2 Å². The highest BCUT2D eigenvalue weighted by Gasteiger charge is 2.17. The molecule has 0 aliphatic heterocycles. The number of aliphatic hydroxyl groups excluding tert-OH is 1. The van der Waals surface area contributed by atoms with E-state index in [1.165, 1.54) is 24.2 Å². The van der Waals surface area contributed by atoms with Gasteiger partial charge in [0.2, 0.25) is 0 Å². The Hall–Kier alpha value is -0.870. The highest BCUT2D eigenvalue weighted by Crippen LogP contribution is 2.20. The predicted molar refractivity (Wildman–Crippen MR) is 68.0 cm³/mol. The minimum absolute atomic E-state index is 0.245. The van der Waals surface area contributed by atoms with Crippen LogP contribution in [0.25, 0.3) is 0 Å². The second kappa shape index (κ2) is 6.17. The van der Waals surface area contributed by atoms with Crippen molar-refractivity contribution in [2.24, 2.45) is 0 Å². The molecule has 1 aromatic rings. The molecule has 0 saturated carbocycles. The molecule has 0 bridgehead atoms. The van der Waals surface area contributed by atoms with Crippen LogP contribution in [-0.2, 0) is 19.4 Å². The topological polar surface area (TPSA) is 50.1 Å². The summed E-state index contributed by atoms with van der Waals surface area (Å²) in [6, 6.07) is 0.352. The summed E-state index contributed by atoms with van der Waals surface area (Å²) in [5.41, 5.74) is 2.70. The molecular weight excluding hydrogens is 214 g/mol. The molecule has 2 N–H and O–H groups in total. The van der Waals surface area contributed by atoms with Crippen molar-refractivity contribution >= 4 is 0 Å². The van der Waals surface area contributed by atoms with Crippen LogP contribution in [0.1, 0.15) is 37.6 Å². The van der Waals surface area contributed by atoms with Gasteiger partial charge in [0.15, 0.2) is 0 Å². The van der Waals surface area contributed by atoms with Gasteiger partial charge in [0.25, 0.3) is 0 Å². The molecule has 96 valence electrons. The summed E-state index contributed by atoms with van der Waals surface area (Å²) >= 11 is 0. The molecule has 1 heterocycles. The Morgan fingerprint density at radius 1 is 1.47 bits per heavy atom. The third-order valence-corrected chi connectivity index (χ3v) is 3.50. The lowest BCUT2D eigenvalue weighted by molar-refractivity contribution is 0.257. The van der Waals surface area contributed by atoms with Crippen LogP contribution >= 0.6 is 0 Å². The Morgan fingerprint density at radius 2 is 2.29 bits per heavy atom. The monoisotopic (exact) mass is 237 g/mol. The first-order valence-corrected chi connectivity index (χ1v) is 6.72. The Labute approximate surface area is 103 Å². The number of hydrogen-bond acceptors (Lipinski definition) is 3. The van der Waals surface area contributed by atoms with Crippen molar-refractivity contribution in [3.63, 3.8) is 0 Å². The maximum atomic E-state index is 9.07. The minimum atomic E-state index is 0.245. The summed E-state index contributed by atoms with van der Waals surface area (Å²) in [4.78, 5) is 4.50. The van der Waals surface area contributed by atoms with Crippen LogP contribution in [0.4, 0.5) is 0 Å². The van der Waals surface area contributed by atoms with E-state index in [2.05, 4.69) is 21.8 Å². The normalized spacial score (nSPS) is 16.8. The number of likely N-dealkylation sites (N-methyl/N-ethyl adjacent to an activating group) is 1. The van der Waals surface area contributed by atoms with E-state index in [0.717, 1.165) is 32.4 Å². The predicted octanol–water partition coefficient (Wildman–Crippen LogP) is 1.12. The number of nitrogens with zero attached hydrogens (tertiary/aromatic N) is 2. The largest absolute Gasteiger partial charge is 0.396 e. The summed E-state index contributed by atoms with van der Waals surface area (Å²) in [6.45, 7) is 4.22. The zero-order valence-electron chi connectivity index (χ0n) is 10.7. The number of aliphatic hydroxyl groups is 1. The van der Waals surface area contributed by atoms with Crippen molar-refractivity contribution in [1.29, 1.82) is 0 Å². The molecule has 0 amide bonds. The summed E-state index contributed by atoms with van der Waals surface area (Å²) in [5, 5.41) is 12.5. The van der Waals surface area contributed by atoms with E-state index in [-0.39, 0.29) is 6.61 Å². The Morgan fingerprint density at radius 3 is 3.06 bits per heavy atom. The molecule has 4 heteroatoms. The molecule has 1 unspecified atom stereocenters. The molecular formula is C13H23N3O. The number of aryl methyl sites for hydroxylation is 1. The van der Waals surface area contributed by atoms with Gasteiger partial charge in [0, 0.05) is 24.9 Å². The number of hydrogen-bond donors (Lipinski definition) is 2. The van der Waals surface area contributed by atoms with E-state index in [4.69, 9.17) is 5.11 Å². The maximum absolute atomic E-state index is 9.07. The number of fused-ring (bicyclic) bond motifs is 1. The van der Waals surface area contributed by atoms with E-state index >= 15 is 0 Å². The smallest absolute Gasteiger partial charge is 0.0952 e. The quantitative estimate of drug-likeness (QED) is 0.779. The average Bonchev–Trinajstić information content (AvgIpc) is 2.74. The zero-order chi connectivity index (χ0) is 12.1. The molecule has 1 aliphatic carbocycles. The molecule has 0 fully saturated rings. The molecule has 0 radical (unpaired) electrons. The van der Waals surface area contributed by atoms with E-state index in [1.807, 2.05) is 6.33 Å². The second-order valence-corrected chi connectivity index (χ2v) is 4.76. The van der Waals surface area contributed by atoms with E-state index in [9.17, 15) is 0 Å². The SMILES string of the molecule is CCNC(CCO)Cn1cnc2c1CCCC2. The van der Waals surface area contributed by atoms with Gasteiger partial charge < -0.3 is 15.0 Å². The van der Waals surface area contributed by atoms with Gasteiger partial charge in [-0.3, -0.25) is 0 Å². The highest BCUT2D eigenvalue weighted by atomic mass is 16.3. The van der Waals surface area contributed by atoms with Crippen LogP contribution in [0.2, 0.25) is 0 Å². The van der Waals surface area contributed by atoms with Crippen molar-refractivity contribution in [2.45, 2.75) is 51.6 Å². The van der Waals surface area contributed by atoms with Crippen LogP contribution in [0.15, 0.2) is 6.33 Å². The molecule has 0 spiro atoms. The van der Waals surface area contributed by atoms with Crippen molar-refractivity contribution in [3.8, 4) is 0 Å². The van der Waals surface area contributed by atoms with Crippen LogP contribution < -0.4 is 5.32 Å². The number of aromatic nitrogens is 2. The lowest BCUT2D eigenvalue weighted by Gasteiger charge is -2.20. The Kier molecular flexibility index (Phi) is 4.57. The van der Waals surface area contributed by atoms with Gasteiger partial charge in [0.05, 0.1) is 12.0 Å². The van der Waals surface area contributed by atoms with Crippen LogP contribution in [0.5, 0.6) is 0 Å². The molecule has 4 nitrogen and oxygen atoms in total. The molecule has 1 aliphatic rings. The van der Waals surface area contributed by atoms with Crippen LogP contribution in [0, 0.1) is 0 Å². The summed E-state index contributed by atoms with van der Waals surface area (Å²) < 4.78 is 2.28. The van der Waals surface area contributed by atoms with Crippen molar-refractivity contribution in [1.82, 2.24) is 14.9 Å². The lowest BCUT2D eigenvalue weighted by atomic mass is 10.0. The fourth-order valence-corrected chi connectivity index (χ4v) is 2.63. The molecule has 0 aromatic carbocycles. The molecule has 0 saturated heterocycles. The lowest BCUT2D eigenvalue weighted by Crippen LogP contribution is -2.34. The third kappa shape index (κ3) is 3.07. The van der Waals surface area contributed by atoms with Crippen LogP contribution in [-0.4, -0.2) is 33.9 Å². The number of nitrogens with one attached hydrogen (secondary N) is 1. The van der Waals surface area contributed by atoms with Gasteiger partial charge in [0.1, 0.15) is 0 Å². The standard InChI is InChI=1S/C13H23N3O/c1-2-14-11(7-8-17)9-16-10-15-12-5-3-4-6-13(12)16/h10-11,14,17H,2-9H2,1H3. The second-order valence-electron chi connectivity index (χ2n) is 4.76. The van der Waals surface area contributed by atoms with Gasteiger partial charge in [-0.2, -0.15) is 0 Å². The van der Waals surface area contributed by atoms with Crippen molar-refractivity contribution < 1.29 is 5.11 Å². The number of rotatable bonds is 6. The summed E-state index contributed by atoms with van der Waals surface area (Å²) in [5.74, 6) is 0. The maximum Gasteiger partial charge on any atom is 0.0952 e. The first kappa shape index (κ1) is 12.6. The van der Waals surface area contributed by atoms with Gasteiger partial charge in [-0.05, 0) is 38.6 Å². The fourth-order valence-electron chi connectivity index (χ4n) is 2.63. The number of imidazole rings is 1. The van der Waals surface area contributed by atoms with Crippen molar-refractivity contribution in [3.05, 3.63) is 17.7 Å². The van der Waals surface area contributed by atoms with E-state index in [1.54, 1.807) is 0 Å². The molecule has 2 rings (SSSR count). The molecule has 1 atom stereocenters. The average molecular weight is 237 g/mol. The van der Waals surface area contributed by atoms with Crippen LogP contribution in [0.3, 0.4) is 0 Å². The third-order valence-electron chi connectivity index (χ3n) is 3.50. The Bertz CT molecular complexity index is 342. The Balaban J connectivity index is 2.03.